The molecule has 2 saturated carbocycles. The third-order valence-corrected chi connectivity index (χ3v) is 7.21. The summed E-state index contributed by atoms with van der Waals surface area (Å²) in [6.45, 7) is 4.77. The van der Waals surface area contributed by atoms with E-state index < -0.39 is 0 Å². The Kier molecular flexibility index (Phi) is 4.13. The SMILES string of the molecule is COC(=O)[C@]1(C)CCC[C@@]2(C)[C@H]1CC[C@H]1C=C(CO)CC[C@@H]12. The first-order valence-electron chi connectivity index (χ1n) is 8.84. The molecule has 3 heteroatoms. The van der Waals surface area contributed by atoms with E-state index in [1.165, 1.54) is 25.5 Å². The Morgan fingerprint density at radius 3 is 2.77 bits per heavy atom. The summed E-state index contributed by atoms with van der Waals surface area (Å²) in [7, 11) is 1.53. The summed E-state index contributed by atoms with van der Waals surface area (Å²) in [5.41, 5.74) is 1.14. The van der Waals surface area contributed by atoms with Gasteiger partial charge in [-0.05, 0) is 74.2 Å². The molecular formula is C19H30O3. The minimum Gasteiger partial charge on any atom is -0.469 e. The molecule has 0 bridgehead atoms. The van der Waals surface area contributed by atoms with Crippen LogP contribution in [-0.2, 0) is 9.53 Å². The van der Waals surface area contributed by atoms with E-state index in [0.29, 0.717) is 17.8 Å². The summed E-state index contributed by atoms with van der Waals surface area (Å²) >= 11 is 0. The molecule has 0 spiro atoms. The Bertz CT molecular complexity index is 483. The van der Waals surface area contributed by atoms with Crippen molar-refractivity contribution in [2.24, 2.45) is 28.6 Å². The van der Waals surface area contributed by atoms with Crippen LogP contribution in [-0.4, -0.2) is 24.8 Å². The predicted octanol–water partition coefficient (Wildman–Crippen LogP) is 3.71. The number of rotatable bonds is 2. The molecule has 0 aromatic heterocycles. The van der Waals surface area contributed by atoms with Gasteiger partial charge in [0.1, 0.15) is 0 Å². The molecule has 5 atom stereocenters. The molecule has 124 valence electrons. The summed E-state index contributed by atoms with van der Waals surface area (Å²) < 4.78 is 5.17. The van der Waals surface area contributed by atoms with Crippen molar-refractivity contribution in [2.45, 2.75) is 58.8 Å². The lowest BCUT2D eigenvalue weighted by molar-refractivity contribution is -0.172. The molecule has 0 aliphatic heterocycles. The third-order valence-electron chi connectivity index (χ3n) is 7.21. The monoisotopic (exact) mass is 306 g/mol. The fourth-order valence-corrected chi connectivity index (χ4v) is 6.13. The molecule has 0 saturated heterocycles. The molecule has 3 aliphatic carbocycles. The van der Waals surface area contributed by atoms with E-state index in [0.717, 1.165) is 32.1 Å². The van der Waals surface area contributed by atoms with Crippen molar-refractivity contribution in [2.75, 3.05) is 13.7 Å². The fourth-order valence-electron chi connectivity index (χ4n) is 6.13. The Hall–Kier alpha value is -0.830. The number of carbonyl (C=O) groups excluding carboxylic acids is 1. The van der Waals surface area contributed by atoms with Gasteiger partial charge in [0, 0.05) is 0 Å². The van der Waals surface area contributed by atoms with E-state index in [2.05, 4.69) is 19.9 Å². The lowest BCUT2D eigenvalue weighted by Crippen LogP contribution is -2.55. The number of ether oxygens (including phenoxy) is 1. The van der Waals surface area contributed by atoms with Crippen LogP contribution in [0.5, 0.6) is 0 Å². The molecule has 0 radical (unpaired) electrons. The van der Waals surface area contributed by atoms with Crippen LogP contribution in [0.15, 0.2) is 11.6 Å². The highest BCUT2D eigenvalue weighted by molar-refractivity contribution is 5.77. The molecule has 1 N–H and O–H groups in total. The van der Waals surface area contributed by atoms with Crippen molar-refractivity contribution in [1.82, 2.24) is 0 Å². The van der Waals surface area contributed by atoms with Gasteiger partial charge in [-0.15, -0.1) is 0 Å². The number of allylic oxidation sites excluding steroid dienone is 1. The summed E-state index contributed by atoms with van der Waals surface area (Å²) in [5.74, 6) is 1.68. The van der Waals surface area contributed by atoms with E-state index in [4.69, 9.17) is 4.74 Å². The summed E-state index contributed by atoms with van der Waals surface area (Å²) in [5, 5.41) is 9.44. The molecule has 0 heterocycles. The second-order valence-electron chi connectivity index (χ2n) is 8.19. The predicted molar refractivity (Wildman–Crippen MR) is 86.2 cm³/mol. The second kappa shape index (κ2) is 5.67. The van der Waals surface area contributed by atoms with Crippen LogP contribution in [0.2, 0.25) is 0 Å². The number of methoxy groups -OCH3 is 1. The quantitative estimate of drug-likeness (QED) is 0.625. The highest BCUT2D eigenvalue weighted by Gasteiger charge is 2.58. The maximum atomic E-state index is 12.5. The first kappa shape index (κ1) is 16.0. The lowest BCUT2D eigenvalue weighted by Gasteiger charge is -2.59. The van der Waals surface area contributed by atoms with E-state index in [-0.39, 0.29) is 23.4 Å². The number of aliphatic hydroxyl groups is 1. The number of aliphatic hydroxyl groups excluding tert-OH is 1. The summed E-state index contributed by atoms with van der Waals surface area (Å²) in [6.07, 6.45) is 10.1. The smallest absolute Gasteiger partial charge is 0.311 e. The van der Waals surface area contributed by atoms with Gasteiger partial charge < -0.3 is 9.84 Å². The van der Waals surface area contributed by atoms with E-state index >= 15 is 0 Å². The average molecular weight is 306 g/mol. The van der Waals surface area contributed by atoms with Gasteiger partial charge in [-0.2, -0.15) is 0 Å². The Labute approximate surface area is 134 Å². The van der Waals surface area contributed by atoms with Crippen molar-refractivity contribution >= 4 is 5.97 Å². The molecule has 0 amide bonds. The van der Waals surface area contributed by atoms with Crippen LogP contribution in [0, 0.1) is 28.6 Å². The van der Waals surface area contributed by atoms with Gasteiger partial charge >= 0.3 is 5.97 Å². The zero-order valence-electron chi connectivity index (χ0n) is 14.2. The molecule has 22 heavy (non-hydrogen) atoms. The standard InChI is InChI=1S/C19H30O3/c1-18-9-4-10-19(2,17(21)22-3)16(18)8-6-14-11-13(12-20)5-7-15(14)18/h11,14-16,20H,4-10,12H2,1-3H3/t14-,15-,16+,18+,19+/m0/s1. The highest BCUT2D eigenvalue weighted by atomic mass is 16.5. The van der Waals surface area contributed by atoms with Crippen molar-refractivity contribution < 1.29 is 14.6 Å². The molecule has 3 nitrogen and oxygen atoms in total. The highest BCUT2D eigenvalue weighted by Crippen LogP contribution is 2.63. The zero-order chi connectivity index (χ0) is 16.0. The van der Waals surface area contributed by atoms with Crippen LogP contribution < -0.4 is 0 Å². The molecular weight excluding hydrogens is 276 g/mol. The Balaban J connectivity index is 1.92. The molecule has 3 aliphatic rings. The first-order chi connectivity index (χ1) is 10.5. The maximum Gasteiger partial charge on any atom is 0.311 e. The van der Waals surface area contributed by atoms with Crippen LogP contribution in [0.25, 0.3) is 0 Å². The molecule has 0 aromatic rings. The average Bonchev–Trinajstić information content (AvgIpc) is 2.53. The third kappa shape index (κ3) is 2.24. The van der Waals surface area contributed by atoms with Crippen LogP contribution in [0.4, 0.5) is 0 Å². The Morgan fingerprint density at radius 1 is 1.32 bits per heavy atom. The van der Waals surface area contributed by atoms with Gasteiger partial charge in [0.2, 0.25) is 0 Å². The van der Waals surface area contributed by atoms with Crippen molar-refractivity contribution in [3.63, 3.8) is 0 Å². The largest absolute Gasteiger partial charge is 0.469 e. The summed E-state index contributed by atoms with van der Waals surface area (Å²) in [6, 6.07) is 0. The van der Waals surface area contributed by atoms with Crippen molar-refractivity contribution in [3.8, 4) is 0 Å². The normalized spacial score (nSPS) is 44.5. The van der Waals surface area contributed by atoms with E-state index in [1.54, 1.807) is 0 Å². The minimum atomic E-state index is -0.312. The van der Waals surface area contributed by atoms with Gasteiger partial charge in [-0.25, -0.2) is 0 Å². The van der Waals surface area contributed by atoms with Crippen LogP contribution >= 0.6 is 0 Å². The molecule has 0 aromatic carbocycles. The van der Waals surface area contributed by atoms with E-state index in [1.807, 2.05) is 0 Å². The topological polar surface area (TPSA) is 46.5 Å². The van der Waals surface area contributed by atoms with Gasteiger partial charge in [0.05, 0.1) is 19.1 Å². The molecule has 3 rings (SSSR count). The van der Waals surface area contributed by atoms with Gasteiger partial charge in [-0.3, -0.25) is 4.79 Å². The Morgan fingerprint density at radius 2 is 2.09 bits per heavy atom. The number of carbonyl (C=O) groups is 1. The maximum absolute atomic E-state index is 12.5. The number of fused-ring (bicyclic) bond motifs is 3. The lowest BCUT2D eigenvalue weighted by atomic mass is 9.45. The number of hydrogen-bond donors (Lipinski definition) is 1. The fraction of sp³-hybridized carbons (Fsp3) is 0.842. The van der Waals surface area contributed by atoms with Crippen molar-refractivity contribution in [3.05, 3.63) is 11.6 Å². The van der Waals surface area contributed by atoms with Gasteiger partial charge in [0.25, 0.3) is 0 Å². The van der Waals surface area contributed by atoms with Gasteiger partial charge in [-0.1, -0.05) is 19.4 Å². The second-order valence-corrected chi connectivity index (χ2v) is 8.19. The molecule has 0 unspecified atom stereocenters. The van der Waals surface area contributed by atoms with E-state index in [9.17, 15) is 9.90 Å². The van der Waals surface area contributed by atoms with Crippen LogP contribution in [0.1, 0.15) is 58.8 Å². The van der Waals surface area contributed by atoms with Crippen LogP contribution in [0.3, 0.4) is 0 Å². The number of esters is 1. The minimum absolute atomic E-state index is 0.00993. The zero-order valence-corrected chi connectivity index (χ0v) is 14.2. The van der Waals surface area contributed by atoms with Crippen molar-refractivity contribution in [1.29, 1.82) is 0 Å². The first-order valence-corrected chi connectivity index (χ1v) is 8.84. The van der Waals surface area contributed by atoms with Gasteiger partial charge in [0.15, 0.2) is 0 Å². The summed E-state index contributed by atoms with van der Waals surface area (Å²) in [4.78, 5) is 12.5. The molecule has 2 fully saturated rings. The number of hydrogen-bond acceptors (Lipinski definition) is 3.